The normalized spacial score (nSPS) is 28.5. The molecule has 0 saturated heterocycles. The minimum absolute atomic E-state index is 0.172. The molecule has 1 aromatic rings. The fraction of sp³-hybridized carbons (Fsp3) is 0.692. The van der Waals surface area contributed by atoms with Crippen molar-refractivity contribution >= 4 is 10.0 Å². The van der Waals surface area contributed by atoms with Crippen molar-refractivity contribution in [3.8, 4) is 0 Å². The quantitative estimate of drug-likeness (QED) is 0.884. The predicted octanol–water partition coefficient (Wildman–Crippen LogP) is 1.84. The van der Waals surface area contributed by atoms with Crippen LogP contribution < -0.4 is 10.5 Å². The van der Waals surface area contributed by atoms with E-state index in [4.69, 9.17) is 9.56 Å². The molecule has 0 aliphatic heterocycles. The van der Waals surface area contributed by atoms with Crippen LogP contribution in [0.1, 0.15) is 38.9 Å². The molecule has 1 aromatic heterocycles. The molecule has 0 radical (unpaired) electrons. The van der Waals surface area contributed by atoms with Gasteiger partial charge < -0.3 is 9.73 Å². The maximum atomic E-state index is 11.1. The molecule has 1 fully saturated rings. The van der Waals surface area contributed by atoms with Gasteiger partial charge in [-0.05, 0) is 43.2 Å². The number of furan rings is 1. The zero-order valence-electron chi connectivity index (χ0n) is 11.4. The van der Waals surface area contributed by atoms with Crippen molar-refractivity contribution in [2.75, 3.05) is 0 Å². The minimum atomic E-state index is -3.74. The number of sulfonamides is 1. The summed E-state index contributed by atoms with van der Waals surface area (Å²) in [5.74, 6) is 2.04. The summed E-state index contributed by atoms with van der Waals surface area (Å²) in [6.45, 7) is 5.09. The molecule has 2 rings (SSSR count). The molecular formula is C13H22N2O3S. The number of hydrogen-bond donors (Lipinski definition) is 2. The van der Waals surface area contributed by atoms with Crippen LogP contribution in [0.25, 0.3) is 0 Å². The molecule has 108 valence electrons. The highest BCUT2D eigenvalue weighted by Gasteiger charge is 2.25. The summed E-state index contributed by atoms with van der Waals surface area (Å²) in [5, 5.41) is 8.28. The van der Waals surface area contributed by atoms with Gasteiger partial charge in [-0.15, -0.1) is 0 Å². The monoisotopic (exact) mass is 286 g/mol. The number of hydrogen-bond acceptors (Lipinski definition) is 4. The van der Waals surface area contributed by atoms with Crippen LogP contribution in [0.5, 0.6) is 0 Å². The lowest BCUT2D eigenvalue weighted by molar-refractivity contribution is 0.222. The second-order valence-corrected chi connectivity index (χ2v) is 7.14. The van der Waals surface area contributed by atoms with E-state index in [-0.39, 0.29) is 5.09 Å². The summed E-state index contributed by atoms with van der Waals surface area (Å²) in [6.07, 6.45) is 3.63. The molecule has 1 heterocycles. The zero-order chi connectivity index (χ0) is 14.0. The third-order valence-corrected chi connectivity index (χ3v) is 4.67. The van der Waals surface area contributed by atoms with E-state index >= 15 is 0 Å². The highest BCUT2D eigenvalue weighted by Crippen LogP contribution is 2.28. The van der Waals surface area contributed by atoms with Crippen molar-refractivity contribution in [1.29, 1.82) is 0 Å². The third-order valence-electron chi connectivity index (χ3n) is 3.89. The molecule has 1 aliphatic rings. The Labute approximate surface area is 114 Å². The molecule has 3 unspecified atom stereocenters. The van der Waals surface area contributed by atoms with Crippen LogP contribution in [0.15, 0.2) is 21.6 Å². The van der Waals surface area contributed by atoms with Crippen LogP contribution in [0.2, 0.25) is 0 Å². The molecular weight excluding hydrogens is 264 g/mol. The molecule has 0 aromatic carbocycles. The first kappa shape index (κ1) is 14.6. The van der Waals surface area contributed by atoms with Crippen LogP contribution in [-0.4, -0.2) is 14.5 Å². The fourth-order valence-electron chi connectivity index (χ4n) is 2.81. The SMILES string of the molecule is CC1CCC(NCc2ccc(S(N)(=O)=O)o2)C(C)C1. The van der Waals surface area contributed by atoms with Crippen LogP contribution in [-0.2, 0) is 16.6 Å². The Morgan fingerprint density at radius 2 is 2.11 bits per heavy atom. The van der Waals surface area contributed by atoms with Crippen LogP contribution in [0.3, 0.4) is 0 Å². The van der Waals surface area contributed by atoms with Gasteiger partial charge in [0.2, 0.25) is 5.09 Å². The molecule has 3 atom stereocenters. The maximum absolute atomic E-state index is 11.1. The van der Waals surface area contributed by atoms with E-state index in [0.29, 0.717) is 24.3 Å². The highest BCUT2D eigenvalue weighted by molar-refractivity contribution is 7.89. The van der Waals surface area contributed by atoms with Gasteiger partial charge in [-0.25, -0.2) is 13.6 Å². The Balaban J connectivity index is 1.90. The average Bonchev–Trinajstić information content (AvgIpc) is 2.76. The van der Waals surface area contributed by atoms with Crippen molar-refractivity contribution in [2.45, 2.75) is 50.8 Å². The topological polar surface area (TPSA) is 85.3 Å². The van der Waals surface area contributed by atoms with Gasteiger partial charge in [0.25, 0.3) is 10.0 Å². The Kier molecular flexibility index (Phi) is 4.32. The number of rotatable bonds is 4. The number of primary sulfonamides is 1. The Hall–Kier alpha value is -0.850. The second kappa shape index (κ2) is 5.64. The van der Waals surface area contributed by atoms with Crippen molar-refractivity contribution in [1.82, 2.24) is 5.32 Å². The van der Waals surface area contributed by atoms with Crippen LogP contribution >= 0.6 is 0 Å². The van der Waals surface area contributed by atoms with E-state index in [2.05, 4.69) is 19.2 Å². The van der Waals surface area contributed by atoms with Gasteiger partial charge >= 0.3 is 0 Å². The maximum Gasteiger partial charge on any atom is 0.271 e. The lowest BCUT2D eigenvalue weighted by Gasteiger charge is -2.33. The van der Waals surface area contributed by atoms with E-state index in [0.717, 1.165) is 12.3 Å². The van der Waals surface area contributed by atoms with Gasteiger partial charge in [0, 0.05) is 6.04 Å². The predicted molar refractivity (Wildman–Crippen MR) is 72.9 cm³/mol. The van der Waals surface area contributed by atoms with Gasteiger partial charge in [-0.1, -0.05) is 13.8 Å². The molecule has 1 saturated carbocycles. The zero-order valence-corrected chi connectivity index (χ0v) is 12.2. The van der Waals surface area contributed by atoms with E-state index in [1.54, 1.807) is 6.07 Å². The smallest absolute Gasteiger partial charge is 0.271 e. The summed E-state index contributed by atoms with van der Waals surface area (Å²) in [7, 11) is -3.74. The Morgan fingerprint density at radius 3 is 2.68 bits per heavy atom. The fourth-order valence-corrected chi connectivity index (χ4v) is 3.29. The lowest BCUT2D eigenvalue weighted by Crippen LogP contribution is -2.38. The molecule has 0 amide bonds. The average molecular weight is 286 g/mol. The van der Waals surface area contributed by atoms with Crippen molar-refractivity contribution < 1.29 is 12.8 Å². The largest absolute Gasteiger partial charge is 0.447 e. The standard InChI is InChI=1S/C13H22N2O3S/c1-9-3-5-12(10(2)7-9)15-8-11-4-6-13(18-11)19(14,16)17/h4,6,9-10,12,15H,3,5,7-8H2,1-2H3,(H2,14,16,17). The van der Waals surface area contributed by atoms with Crippen molar-refractivity contribution in [2.24, 2.45) is 17.0 Å². The summed E-state index contributed by atoms with van der Waals surface area (Å²) in [4.78, 5) is 0. The van der Waals surface area contributed by atoms with Gasteiger partial charge in [-0.3, -0.25) is 0 Å². The summed E-state index contributed by atoms with van der Waals surface area (Å²) < 4.78 is 27.4. The molecule has 6 heteroatoms. The summed E-state index contributed by atoms with van der Waals surface area (Å²) in [5.41, 5.74) is 0. The second-order valence-electron chi connectivity index (χ2n) is 5.65. The minimum Gasteiger partial charge on any atom is -0.447 e. The van der Waals surface area contributed by atoms with E-state index in [9.17, 15) is 8.42 Å². The van der Waals surface area contributed by atoms with Gasteiger partial charge in [0.15, 0.2) is 0 Å². The van der Waals surface area contributed by atoms with Gasteiger partial charge in [0.1, 0.15) is 5.76 Å². The number of nitrogens with two attached hydrogens (primary N) is 1. The van der Waals surface area contributed by atoms with E-state index < -0.39 is 10.0 Å². The highest BCUT2D eigenvalue weighted by atomic mass is 32.2. The van der Waals surface area contributed by atoms with Gasteiger partial charge in [-0.2, -0.15) is 0 Å². The van der Waals surface area contributed by atoms with Crippen molar-refractivity contribution in [3.63, 3.8) is 0 Å². The molecule has 1 aliphatic carbocycles. The number of nitrogens with one attached hydrogen (secondary N) is 1. The first-order chi connectivity index (χ1) is 8.86. The van der Waals surface area contributed by atoms with Crippen LogP contribution in [0, 0.1) is 11.8 Å². The Bertz CT molecular complexity index is 524. The Morgan fingerprint density at radius 1 is 1.37 bits per heavy atom. The van der Waals surface area contributed by atoms with Crippen LogP contribution in [0.4, 0.5) is 0 Å². The summed E-state index contributed by atoms with van der Waals surface area (Å²) >= 11 is 0. The first-order valence-electron chi connectivity index (χ1n) is 6.71. The summed E-state index contributed by atoms with van der Waals surface area (Å²) in [6, 6.07) is 3.53. The van der Waals surface area contributed by atoms with E-state index in [1.807, 2.05) is 0 Å². The molecule has 0 spiro atoms. The molecule has 5 nitrogen and oxygen atoms in total. The molecule has 0 bridgehead atoms. The first-order valence-corrected chi connectivity index (χ1v) is 8.26. The molecule has 3 N–H and O–H groups in total. The van der Waals surface area contributed by atoms with Crippen molar-refractivity contribution in [3.05, 3.63) is 17.9 Å². The molecule has 19 heavy (non-hydrogen) atoms. The van der Waals surface area contributed by atoms with Gasteiger partial charge in [0.05, 0.1) is 6.54 Å². The third kappa shape index (κ3) is 3.81. The lowest BCUT2D eigenvalue weighted by atomic mass is 9.80. The van der Waals surface area contributed by atoms with E-state index in [1.165, 1.54) is 18.9 Å².